The van der Waals surface area contributed by atoms with Crippen molar-refractivity contribution in [2.75, 3.05) is 12.4 Å². The van der Waals surface area contributed by atoms with E-state index in [-0.39, 0.29) is 21.2 Å². The van der Waals surface area contributed by atoms with E-state index in [0.29, 0.717) is 9.70 Å². The van der Waals surface area contributed by atoms with Crippen LogP contribution in [0.4, 0.5) is 23.2 Å². The van der Waals surface area contributed by atoms with Gasteiger partial charge >= 0.3 is 0 Å². The summed E-state index contributed by atoms with van der Waals surface area (Å²) in [6, 6.07) is 7.51. The van der Waals surface area contributed by atoms with Gasteiger partial charge in [-0.2, -0.15) is 5.10 Å². The predicted octanol–water partition coefficient (Wildman–Crippen LogP) is 6.11. The molecule has 0 bridgehead atoms. The average Bonchev–Trinajstić information content (AvgIpc) is 3.16. The van der Waals surface area contributed by atoms with E-state index in [0.717, 1.165) is 13.0 Å². The lowest BCUT2D eigenvalue weighted by Crippen LogP contribution is -2.26. The van der Waals surface area contributed by atoms with Crippen LogP contribution in [0, 0.1) is 0 Å². The first-order valence-corrected chi connectivity index (χ1v) is 12.0. The monoisotopic (exact) mass is 553 g/mol. The lowest BCUT2D eigenvalue weighted by Gasteiger charge is -2.17. The second-order valence-corrected chi connectivity index (χ2v) is 9.91. The second kappa shape index (κ2) is 10.4. The van der Waals surface area contributed by atoms with E-state index in [1.807, 2.05) is 0 Å². The van der Waals surface area contributed by atoms with Gasteiger partial charge in [-0.1, -0.05) is 23.2 Å². The van der Waals surface area contributed by atoms with E-state index in [9.17, 15) is 30.8 Å². The van der Waals surface area contributed by atoms with Crippen LogP contribution in [0.1, 0.15) is 37.2 Å². The van der Waals surface area contributed by atoms with Gasteiger partial charge in [-0.3, -0.25) is 4.79 Å². The van der Waals surface area contributed by atoms with E-state index < -0.39 is 51.0 Å². The van der Waals surface area contributed by atoms with Crippen molar-refractivity contribution in [3.8, 4) is 5.75 Å². The maximum atomic E-state index is 13.5. The highest BCUT2D eigenvalue weighted by atomic mass is 35.5. The number of amides is 1. The highest BCUT2D eigenvalue weighted by Crippen LogP contribution is 2.36. The molecule has 3 aromatic rings. The molecule has 0 aliphatic rings. The summed E-state index contributed by atoms with van der Waals surface area (Å²) in [5, 5.41) is 5.15. The second-order valence-electron chi connectivity index (χ2n) is 7.15. The number of anilines is 1. The molecule has 2 aromatic carbocycles. The van der Waals surface area contributed by atoms with Crippen molar-refractivity contribution in [1.82, 2.24) is 9.78 Å². The minimum atomic E-state index is -4.06. The first-order valence-electron chi connectivity index (χ1n) is 9.71. The van der Waals surface area contributed by atoms with Crippen LogP contribution in [0.5, 0.6) is 5.75 Å². The quantitative estimate of drug-likeness (QED) is 0.340. The lowest BCUT2D eigenvalue weighted by molar-refractivity contribution is -0.119. The summed E-state index contributed by atoms with van der Waals surface area (Å²) in [4.78, 5) is 12.5. The number of carbonyl (C=O) groups excluding carboxylic acids is 1. The molecular weight excluding hydrogens is 537 g/mol. The Kier molecular flexibility index (Phi) is 7.97. The Morgan fingerprint density at radius 3 is 2.20 bits per heavy atom. The van der Waals surface area contributed by atoms with Gasteiger partial charge in [0.2, 0.25) is 15.7 Å². The minimum Gasteiger partial charge on any atom is -0.497 e. The number of hydrogen-bond donors (Lipinski definition) is 1. The summed E-state index contributed by atoms with van der Waals surface area (Å²) < 4.78 is 84.8. The SMILES string of the molecule is COc1cc(NC(=O)C(C)n2nc(C(F)F)c(Cl)c2C(F)F)cc(S(=O)(=O)c2ccc(Cl)cc2)c1. The number of benzene rings is 2. The molecule has 0 saturated heterocycles. The highest BCUT2D eigenvalue weighted by molar-refractivity contribution is 7.91. The molecule has 7 nitrogen and oxygen atoms in total. The van der Waals surface area contributed by atoms with Crippen LogP contribution >= 0.6 is 23.2 Å². The van der Waals surface area contributed by atoms with Crippen LogP contribution in [-0.4, -0.2) is 31.2 Å². The molecule has 14 heteroatoms. The predicted molar refractivity (Wildman–Crippen MR) is 120 cm³/mol. The van der Waals surface area contributed by atoms with Crippen molar-refractivity contribution in [3.63, 3.8) is 0 Å². The molecule has 0 fully saturated rings. The summed E-state index contributed by atoms with van der Waals surface area (Å²) in [5.41, 5.74) is -2.18. The average molecular weight is 554 g/mol. The van der Waals surface area contributed by atoms with E-state index in [2.05, 4.69) is 10.4 Å². The van der Waals surface area contributed by atoms with Gasteiger partial charge in [0.1, 0.15) is 23.2 Å². The molecule has 1 N–H and O–H groups in total. The van der Waals surface area contributed by atoms with Gasteiger partial charge in [-0.05, 0) is 43.3 Å². The largest absolute Gasteiger partial charge is 0.497 e. The number of halogens is 6. The third kappa shape index (κ3) is 5.54. The molecule has 0 spiro atoms. The normalized spacial score (nSPS) is 12.7. The zero-order valence-corrected chi connectivity index (χ0v) is 20.3. The Morgan fingerprint density at radius 1 is 1.03 bits per heavy atom. The van der Waals surface area contributed by atoms with Gasteiger partial charge in [0.15, 0.2) is 0 Å². The van der Waals surface area contributed by atoms with Gasteiger partial charge in [-0.25, -0.2) is 30.7 Å². The molecule has 0 aliphatic carbocycles. The van der Waals surface area contributed by atoms with Crippen molar-refractivity contribution in [2.24, 2.45) is 0 Å². The van der Waals surface area contributed by atoms with Crippen molar-refractivity contribution < 1.29 is 35.5 Å². The van der Waals surface area contributed by atoms with Crippen LogP contribution in [0.2, 0.25) is 10.0 Å². The van der Waals surface area contributed by atoms with Crippen LogP contribution in [-0.2, 0) is 14.6 Å². The molecule has 3 rings (SSSR count). The number of hydrogen-bond acceptors (Lipinski definition) is 5. The Balaban J connectivity index is 1.97. The Labute approximate surface area is 207 Å². The zero-order valence-electron chi connectivity index (χ0n) is 18.0. The number of nitrogens with one attached hydrogen (secondary N) is 1. The Hall–Kier alpha value is -2.83. The molecule has 0 radical (unpaired) electrons. The maximum Gasteiger partial charge on any atom is 0.283 e. The van der Waals surface area contributed by atoms with E-state index in [1.54, 1.807) is 0 Å². The number of alkyl halides is 4. The number of aromatic nitrogens is 2. The molecule has 0 saturated carbocycles. The van der Waals surface area contributed by atoms with Gasteiger partial charge in [-0.15, -0.1) is 0 Å². The van der Waals surface area contributed by atoms with E-state index in [4.69, 9.17) is 27.9 Å². The van der Waals surface area contributed by atoms with Crippen molar-refractivity contribution in [1.29, 1.82) is 0 Å². The zero-order chi connectivity index (χ0) is 26.1. The van der Waals surface area contributed by atoms with Crippen LogP contribution in [0.25, 0.3) is 0 Å². The fourth-order valence-electron chi connectivity index (χ4n) is 3.10. The Bertz CT molecular complexity index is 1350. The first-order chi connectivity index (χ1) is 16.4. The fourth-order valence-corrected chi connectivity index (χ4v) is 4.84. The molecule has 0 aliphatic heterocycles. The number of rotatable bonds is 8. The van der Waals surface area contributed by atoms with Crippen molar-refractivity contribution in [2.45, 2.75) is 35.6 Å². The van der Waals surface area contributed by atoms with Crippen molar-refractivity contribution in [3.05, 3.63) is 63.9 Å². The lowest BCUT2D eigenvalue weighted by atomic mass is 10.2. The molecule has 1 amide bonds. The van der Waals surface area contributed by atoms with Crippen LogP contribution < -0.4 is 10.1 Å². The molecule has 1 atom stereocenters. The number of ether oxygens (including phenoxy) is 1. The number of nitrogens with zero attached hydrogens (tertiary/aromatic N) is 2. The number of carbonyl (C=O) groups is 1. The number of sulfone groups is 1. The van der Waals surface area contributed by atoms with Gasteiger partial charge < -0.3 is 10.1 Å². The standard InChI is InChI=1S/C21H17Cl2F4N3O4S/c1-10(30-18(20(26)27)16(23)17(29-30)19(24)25)21(31)28-12-7-13(34-2)9-15(8-12)35(32,33)14-5-3-11(22)4-6-14/h3-10,19-20H,1-2H3,(H,28,31). The number of methoxy groups -OCH3 is 1. The van der Waals surface area contributed by atoms with Crippen molar-refractivity contribution >= 4 is 44.6 Å². The fraction of sp³-hybridized carbons (Fsp3) is 0.238. The third-order valence-electron chi connectivity index (χ3n) is 4.89. The molecule has 1 unspecified atom stereocenters. The van der Waals surface area contributed by atoms with Gasteiger partial charge in [0, 0.05) is 16.8 Å². The van der Waals surface area contributed by atoms with E-state index in [1.165, 1.54) is 43.5 Å². The third-order valence-corrected chi connectivity index (χ3v) is 7.28. The van der Waals surface area contributed by atoms with E-state index >= 15 is 0 Å². The summed E-state index contributed by atoms with van der Waals surface area (Å²) >= 11 is 11.5. The summed E-state index contributed by atoms with van der Waals surface area (Å²) in [5.74, 6) is -0.881. The van der Waals surface area contributed by atoms with Crippen LogP contribution in [0.3, 0.4) is 0 Å². The molecule has 1 aromatic heterocycles. The maximum absolute atomic E-state index is 13.5. The van der Waals surface area contributed by atoms with Gasteiger partial charge in [0.05, 0.1) is 21.9 Å². The summed E-state index contributed by atoms with van der Waals surface area (Å²) in [7, 11) is -2.78. The smallest absolute Gasteiger partial charge is 0.283 e. The summed E-state index contributed by atoms with van der Waals surface area (Å²) in [6.45, 7) is 1.14. The molecular formula is C21H17Cl2F4N3O4S. The molecule has 188 valence electrons. The molecule has 35 heavy (non-hydrogen) atoms. The Morgan fingerprint density at radius 2 is 1.66 bits per heavy atom. The molecule has 1 heterocycles. The van der Waals surface area contributed by atoms with Crippen LogP contribution in [0.15, 0.2) is 52.3 Å². The highest BCUT2D eigenvalue weighted by Gasteiger charge is 2.32. The summed E-state index contributed by atoms with van der Waals surface area (Å²) in [6.07, 6.45) is -6.53. The minimum absolute atomic E-state index is 0.0559. The van der Waals surface area contributed by atoms with Gasteiger partial charge in [0.25, 0.3) is 12.9 Å². The first kappa shape index (κ1) is 26.8. The topological polar surface area (TPSA) is 90.3 Å².